The molecule has 0 aliphatic heterocycles. The van der Waals surface area contributed by atoms with Gasteiger partial charge in [-0.05, 0) is 42.7 Å². The highest BCUT2D eigenvalue weighted by atomic mass is 35.5. The summed E-state index contributed by atoms with van der Waals surface area (Å²) in [6.07, 6.45) is 1.01. The molecule has 192 valence electrons. The Hall–Kier alpha value is -2.49. The van der Waals surface area contributed by atoms with E-state index in [9.17, 15) is 18.0 Å². The number of sulfonamides is 1. The summed E-state index contributed by atoms with van der Waals surface area (Å²) < 4.78 is 31.6. The van der Waals surface area contributed by atoms with E-state index >= 15 is 0 Å². The van der Waals surface area contributed by atoms with Crippen molar-refractivity contribution in [3.05, 3.63) is 58.1 Å². The Morgan fingerprint density at radius 1 is 1.09 bits per heavy atom. The standard InChI is InChI=1S/C24H31Cl2N3O5S/c1-16(2)13-27-24(31)17(3)28(14-18-10-11-19(25)12-20(18)26)23(30)15-29(35(5,32)33)21-8-6-7-9-22(21)34-4/h6-12,16-17H,13-15H2,1-5H3,(H,27,31)/t17-/m1/s1. The lowest BCUT2D eigenvalue weighted by atomic mass is 10.1. The first-order valence-corrected chi connectivity index (χ1v) is 13.6. The van der Waals surface area contributed by atoms with Crippen molar-refractivity contribution in [3.63, 3.8) is 0 Å². The zero-order valence-electron chi connectivity index (χ0n) is 20.4. The largest absolute Gasteiger partial charge is 0.495 e. The molecule has 0 spiro atoms. The van der Waals surface area contributed by atoms with Gasteiger partial charge in [0.2, 0.25) is 21.8 Å². The van der Waals surface area contributed by atoms with Gasteiger partial charge >= 0.3 is 0 Å². The topological polar surface area (TPSA) is 96.0 Å². The Morgan fingerprint density at radius 3 is 2.31 bits per heavy atom. The molecule has 0 aliphatic rings. The van der Waals surface area contributed by atoms with Gasteiger partial charge in [-0.3, -0.25) is 13.9 Å². The summed E-state index contributed by atoms with van der Waals surface area (Å²) in [5, 5.41) is 3.58. The summed E-state index contributed by atoms with van der Waals surface area (Å²) in [7, 11) is -2.46. The number of hydrogen-bond acceptors (Lipinski definition) is 5. The van der Waals surface area contributed by atoms with E-state index < -0.39 is 28.5 Å². The molecule has 0 bridgehead atoms. The molecule has 2 rings (SSSR count). The van der Waals surface area contributed by atoms with E-state index in [1.165, 1.54) is 12.0 Å². The first kappa shape index (κ1) is 28.7. The molecule has 35 heavy (non-hydrogen) atoms. The zero-order chi connectivity index (χ0) is 26.3. The molecular weight excluding hydrogens is 513 g/mol. The number of amides is 2. The minimum absolute atomic E-state index is 0.0192. The maximum atomic E-state index is 13.6. The van der Waals surface area contributed by atoms with Gasteiger partial charge in [0.15, 0.2) is 0 Å². The van der Waals surface area contributed by atoms with E-state index in [0.29, 0.717) is 27.9 Å². The van der Waals surface area contributed by atoms with Crippen LogP contribution < -0.4 is 14.4 Å². The zero-order valence-corrected chi connectivity index (χ0v) is 22.7. The van der Waals surface area contributed by atoms with E-state index in [0.717, 1.165) is 10.6 Å². The number of anilines is 1. The van der Waals surface area contributed by atoms with Crippen LogP contribution in [0.15, 0.2) is 42.5 Å². The number of methoxy groups -OCH3 is 1. The third-order valence-corrected chi connectivity index (χ3v) is 6.95. The third kappa shape index (κ3) is 8.02. The monoisotopic (exact) mass is 543 g/mol. The molecule has 1 atom stereocenters. The van der Waals surface area contributed by atoms with Gasteiger partial charge in [0.1, 0.15) is 18.3 Å². The summed E-state index contributed by atoms with van der Waals surface area (Å²) in [6.45, 7) is 5.38. The second-order valence-electron chi connectivity index (χ2n) is 8.51. The quantitative estimate of drug-likeness (QED) is 0.462. The summed E-state index contributed by atoms with van der Waals surface area (Å²) in [5.41, 5.74) is 0.781. The van der Waals surface area contributed by atoms with E-state index in [-0.39, 0.29) is 24.1 Å². The van der Waals surface area contributed by atoms with Crippen LogP contribution >= 0.6 is 23.2 Å². The number of halogens is 2. The lowest BCUT2D eigenvalue weighted by Crippen LogP contribution is -2.51. The number of ether oxygens (including phenoxy) is 1. The number of benzene rings is 2. The maximum absolute atomic E-state index is 13.6. The van der Waals surface area contributed by atoms with Crippen molar-refractivity contribution in [2.75, 3.05) is 30.8 Å². The van der Waals surface area contributed by atoms with Crippen LogP contribution in [0.2, 0.25) is 10.0 Å². The second kappa shape index (κ2) is 12.5. The lowest BCUT2D eigenvalue weighted by Gasteiger charge is -2.32. The van der Waals surface area contributed by atoms with Gasteiger partial charge < -0.3 is 15.0 Å². The number of rotatable bonds is 11. The number of nitrogens with one attached hydrogen (secondary N) is 1. The number of nitrogens with zero attached hydrogens (tertiary/aromatic N) is 2. The molecule has 0 unspecified atom stereocenters. The Labute approximate surface area is 217 Å². The Balaban J connectivity index is 2.44. The molecule has 0 fully saturated rings. The number of para-hydroxylation sites is 2. The van der Waals surface area contributed by atoms with E-state index in [4.69, 9.17) is 27.9 Å². The summed E-state index contributed by atoms with van der Waals surface area (Å²) in [4.78, 5) is 27.7. The average Bonchev–Trinajstić information content (AvgIpc) is 2.79. The van der Waals surface area contributed by atoms with Gasteiger partial charge in [-0.2, -0.15) is 0 Å². The van der Waals surface area contributed by atoms with E-state index in [1.54, 1.807) is 49.4 Å². The molecule has 0 heterocycles. The normalized spacial score (nSPS) is 12.2. The van der Waals surface area contributed by atoms with Crippen molar-refractivity contribution in [1.29, 1.82) is 0 Å². The molecule has 11 heteroatoms. The highest BCUT2D eigenvalue weighted by Crippen LogP contribution is 2.30. The molecule has 0 aliphatic carbocycles. The van der Waals surface area contributed by atoms with Crippen molar-refractivity contribution < 1.29 is 22.7 Å². The third-order valence-electron chi connectivity index (χ3n) is 5.24. The molecule has 2 aromatic rings. The molecule has 0 saturated carbocycles. The minimum Gasteiger partial charge on any atom is -0.495 e. The van der Waals surface area contributed by atoms with Crippen LogP contribution in [0.4, 0.5) is 5.69 Å². The van der Waals surface area contributed by atoms with Gasteiger partial charge in [0.05, 0.1) is 19.1 Å². The fourth-order valence-corrected chi connectivity index (χ4v) is 4.62. The fourth-order valence-electron chi connectivity index (χ4n) is 3.30. The van der Waals surface area contributed by atoms with Crippen molar-refractivity contribution in [2.45, 2.75) is 33.4 Å². The molecule has 0 saturated heterocycles. The highest BCUT2D eigenvalue weighted by molar-refractivity contribution is 7.92. The Bertz CT molecular complexity index is 1160. The van der Waals surface area contributed by atoms with Crippen LogP contribution in [-0.2, 0) is 26.2 Å². The predicted molar refractivity (Wildman–Crippen MR) is 140 cm³/mol. The van der Waals surface area contributed by atoms with Gasteiger partial charge in [0.25, 0.3) is 0 Å². The van der Waals surface area contributed by atoms with Crippen molar-refractivity contribution in [3.8, 4) is 5.75 Å². The van der Waals surface area contributed by atoms with Crippen LogP contribution in [0.5, 0.6) is 5.75 Å². The Kier molecular flexibility index (Phi) is 10.2. The smallest absolute Gasteiger partial charge is 0.244 e. The highest BCUT2D eigenvalue weighted by Gasteiger charge is 2.31. The van der Waals surface area contributed by atoms with Crippen molar-refractivity contribution in [2.24, 2.45) is 5.92 Å². The van der Waals surface area contributed by atoms with Crippen LogP contribution in [0, 0.1) is 5.92 Å². The second-order valence-corrected chi connectivity index (χ2v) is 11.3. The van der Waals surface area contributed by atoms with Gasteiger partial charge in [0, 0.05) is 23.1 Å². The molecular formula is C24H31Cl2N3O5S. The van der Waals surface area contributed by atoms with Crippen LogP contribution in [0.1, 0.15) is 26.3 Å². The first-order chi connectivity index (χ1) is 16.3. The SMILES string of the molecule is COc1ccccc1N(CC(=O)N(Cc1ccc(Cl)cc1Cl)[C@H](C)C(=O)NCC(C)C)S(C)(=O)=O. The number of carbonyl (C=O) groups is 2. The summed E-state index contributed by atoms with van der Waals surface area (Å²) in [6, 6.07) is 10.4. The molecule has 0 radical (unpaired) electrons. The van der Waals surface area contributed by atoms with E-state index in [2.05, 4.69) is 5.32 Å². The van der Waals surface area contributed by atoms with Crippen LogP contribution in [0.25, 0.3) is 0 Å². The molecule has 8 nitrogen and oxygen atoms in total. The first-order valence-electron chi connectivity index (χ1n) is 11.0. The van der Waals surface area contributed by atoms with Gasteiger partial charge in [-0.25, -0.2) is 8.42 Å². The maximum Gasteiger partial charge on any atom is 0.244 e. The molecule has 1 N–H and O–H groups in total. The van der Waals surface area contributed by atoms with Crippen molar-refractivity contribution in [1.82, 2.24) is 10.2 Å². The summed E-state index contributed by atoms with van der Waals surface area (Å²) >= 11 is 12.3. The molecule has 2 aromatic carbocycles. The minimum atomic E-state index is -3.87. The average molecular weight is 545 g/mol. The van der Waals surface area contributed by atoms with Crippen LogP contribution in [-0.4, -0.2) is 57.6 Å². The number of hydrogen-bond donors (Lipinski definition) is 1. The summed E-state index contributed by atoms with van der Waals surface area (Å²) in [5.74, 6) is -0.437. The van der Waals surface area contributed by atoms with Gasteiger partial charge in [-0.15, -0.1) is 0 Å². The molecule has 0 aromatic heterocycles. The fraction of sp³-hybridized carbons (Fsp3) is 0.417. The molecule has 2 amide bonds. The van der Waals surface area contributed by atoms with Crippen LogP contribution in [0.3, 0.4) is 0 Å². The predicted octanol–water partition coefficient (Wildman–Crippen LogP) is 3.96. The van der Waals surface area contributed by atoms with Crippen molar-refractivity contribution >= 4 is 50.7 Å². The Morgan fingerprint density at radius 2 is 1.74 bits per heavy atom. The lowest BCUT2D eigenvalue weighted by molar-refractivity contribution is -0.139. The number of carbonyl (C=O) groups excluding carboxylic acids is 2. The van der Waals surface area contributed by atoms with Gasteiger partial charge in [-0.1, -0.05) is 55.2 Å². The van der Waals surface area contributed by atoms with E-state index in [1.807, 2.05) is 13.8 Å².